The Morgan fingerprint density at radius 3 is 2.53 bits per heavy atom. The van der Waals surface area contributed by atoms with E-state index in [2.05, 4.69) is 42.5 Å². The summed E-state index contributed by atoms with van der Waals surface area (Å²) in [5.41, 5.74) is 10.8. The molecule has 3 nitrogen and oxygen atoms in total. The number of aromatic nitrogens is 2. The van der Waals surface area contributed by atoms with Crippen LogP contribution in [0.15, 0.2) is 30.5 Å². The molecular formula is C16H23N3. The molecule has 0 radical (unpaired) electrons. The van der Waals surface area contributed by atoms with Crippen molar-refractivity contribution in [2.75, 3.05) is 0 Å². The standard InChI is InChI=1S/C16H23N3/c1-4-5-16-15(11-19(3)18-16)14-8-6-13(7-9-14)10-12(2)17/h6-9,11-12H,4-5,10,17H2,1-3H3. The topological polar surface area (TPSA) is 43.8 Å². The lowest BCUT2D eigenvalue weighted by Gasteiger charge is -2.06. The van der Waals surface area contributed by atoms with Crippen LogP contribution in [0, 0.1) is 0 Å². The third kappa shape index (κ3) is 3.44. The maximum atomic E-state index is 5.83. The zero-order valence-electron chi connectivity index (χ0n) is 12.1. The predicted molar refractivity (Wildman–Crippen MR) is 80.0 cm³/mol. The van der Waals surface area contributed by atoms with Gasteiger partial charge in [-0.1, -0.05) is 37.6 Å². The summed E-state index contributed by atoms with van der Waals surface area (Å²) in [6.07, 6.45) is 5.17. The van der Waals surface area contributed by atoms with Crippen molar-refractivity contribution in [1.82, 2.24) is 9.78 Å². The molecule has 0 aliphatic rings. The third-order valence-electron chi connectivity index (χ3n) is 3.21. The quantitative estimate of drug-likeness (QED) is 0.895. The summed E-state index contributed by atoms with van der Waals surface area (Å²) < 4.78 is 1.90. The Morgan fingerprint density at radius 2 is 1.95 bits per heavy atom. The van der Waals surface area contributed by atoms with E-state index in [-0.39, 0.29) is 6.04 Å². The predicted octanol–water partition coefficient (Wildman–Crippen LogP) is 2.93. The molecule has 0 aliphatic carbocycles. The number of benzene rings is 1. The van der Waals surface area contributed by atoms with E-state index in [9.17, 15) is 0 Å². The van der Waals surface area contributed by atoms with Gasteiger partial charge in [0.25, 0.3) is 0 Å². The van der Waals surface area contributed by atoms with Crippen LogP contribution in [0.4, 0.5) is 0 Å². The lowest BCUT2D eigenvalue weighted by atomic mass is 10.0. The first-order chi connectivity index (χ1) is 9.10. The van der Waals surface area contributed by atoms with E-state index < -0.39 is 0 Å². The van der Waals surface area contributed by atoms with Crippen LogP contribution in [0.5, 0.6) is 0 Å². The van der Waals surface area contributed by atoms with Crippen molar-refractivity contribution in [3.05, 3.63) is 41.7 Å². The maximum absolute atomic E-state index is 5.83. The molecule has 102 valence electrons. The minimum atomic E-state index is 0.208. The highest BCUT2D eigenvalue weighted by Gasteiger charge is 2.09. The Labute approximate surface area is 115 Å². The summed E-state index contributed by atoms with van der Waals surface area (Å²) in [6.45, 7) is 4.22. The molecule has 1 aromatic carbocycles. The van der Waals surface area contributed by atoms with Crippen LogP contribution < -0.4 is 5.73 Å². The molecule has 3 heteroatoms. The van der Waals surface area contributed by atoms with E-state index >= 15 is 0 Å². The fourth-order valence-electron chi connectivity index (χ4n) is 2.39. The third-order valence-corrected chi connectivity index (χ3v) is 3.21. The molecular weight excluding hydrogens is 234 g/mol. The van der Waals surface area contributed by atoms with Gasteiger partial charge in [0.15, 0.2) is 0 Å². The van der Waals surface area contributed by atoms with Crippen molar-refractivity contribution >= 4 is 0 Å². The summed E-state index contributed by atoms with van der Waals surface area (Å²) in [4.78, 5) is 0. The first kappa shape index (κ1) is 13.8. The first-order valence-electron chi connectivity index (χ1n) is 6.97. The number of nitrogens with two attached hydrogens (primary N) is 1. The second-order valence-corrected chi connectivity index (χ2v) is 5.29. The van der Waals surface area contributed by atoms with Crippen molar-refractivity contribution < 1.29 is 0 Å². The molecule has 2 rings (SSSR count). The van der Waals surface area contributed by atoms with Crippen LogP contribution in [0.25, 0.3) is 11.1 Å². The fraction of sp³-hybridized carbons (Fsp3) is 0.438. The van der Waals surface area contributed by atoms with Gasteiger partial charge < -0.3 is 5.73 Å². The number of nitrogens with zero attached hydrogens (tertiary/aromatic N) is 2. The molecule has 1 unspecified atom stereocenters. The van der Waals surface area contributed by atoms with Crippen LogP contribution >= 0.6 is 0 Å². The van der Waals surface area contributed by atoms with Crippen molar-refractivity contribution in [1.29, 1.82) is 0 Å². The molecule has 0 spiro atoms. The summed E-state index contributed by atoms with van der Waals surface area (Å²) in [6, 6.07) is 8.89. The second-order valence-electron chi connectivity index (χ2n) is 5.29. The maximum Gasteiger partial charge on any atom is 0.0702 e. The average Bonchev–Trinajstić information content (AvgIpc) is 2.71. The Bertz CT molecular complexity index is 523. The Hall–Kier alpha value is -1.61. The Morgan fingerprint density at radius 1 is 1.26 bits per heavy atom. The second kappa shape index (κ2) is 6.02. The Kier molecular flexibility index (Phi) is 4.38. The van der Waals surface area contributed by atoms with Crippen LogP contribution in [-0.4, -0.2) is 15.8 Å². The molecule has 0 bridgehead atoms. The van der Waals surface area contributed by atoms with E-state index in [4.69, 9.17) is 5.73 Å². The molecule has 0 saturated heterocycles. The van der Waals surface area contributed by atoms with E-state index in [1.165, 1.54) is 22.4 Å². The minimum absolute atomic E-state index is 0.208. The SMILES string of the molecule is CCCc1nn(C)cc1-c1ccc(CC(C)N)cc1. The lowest BCUT2D eigenvalue weighted by Crippen LogP contribution is -2.17. The van der Waals surface area contributed by atoms with Gasteiger partial charge in [0.1, 0.15) is 0 Å². The molecule has 0 amide bonds. The van der Waals surface area contributed by atoms with Gasteiger partial charge in [-0.3, -0.25) is 4.68 Å². The molecule has 1 heterocycles. The average molecular weight is 257 g/mol. The number of rotatable bonds is 5. The van der Waals surface area contributed by atoms with Crippen LogP contribution in [0.2, 0.25) is 0 Å². The van der Waals surface area contributed by atoms with Gasteiger partial charge >= 0.3 is 0 Å². The molecule has 0 fully saturated rings. The zero-order valence-corrected chi connectivity index (χ0v) is 12.1. The van der Waals surface area contributed by atoms with Gasteiger partial charge in [-0.05, 0) is 30.9 Å². The number of aryl methyl sites for hydroxylation is 2. The highest BCUT2D eigenvalue weighted by molar-refractivity contribution is 5.65. The van der Waals surface area contributed by atoms with Crippen LogP contribution in [-0.2, 0) is 19.9 Å². The normalized spacial score (nSPS) is 12.6. The van der Waals surface area contributed by atoms with Gasteiger partial charge in [-0.2, -0.15) is 5.10 Å². The minimum Gasteiger partial charge on any atom is -0.328 e. The van der Waals surface area contributed by atoms with Gasteiger partial charge in [0.05, 0.1) is 5.69 Å². The first-order valence-corrected chi connectivity index (χ1v) is 6.97. The van der Waals surface area contributed by atoms with Crippen molar-refractivity contribution in [3.63, 3.8) is 0 Å². The van der Waals surface area contributed by atoms with Crippen molar-refractivity contribution in [2.24, 2.45) is 12.8 Å². The van der Waals surface area contributed by atoms with E-state index in [1.807, 2.05) is 18.7 Å². The summed E-state index contributed by atoms with van der Waals surface area (Å²) >= 11 is 0. The van der Waals surface area contributed by atoms with Crippen LogP contribution in [0.1, 0.15) is 31.5 Å². The Balaban J connectivity index is 2.26. The summed E-state index contributed by atoms with van der Waals surface area (Å²) in [5, 5.41) is 4.54. The smallest absolute Gasteiger partial charge is 0.0702 e. The van der Waals surface area contributed by atoms with E-state index in [0.29, 0.717) is 0 Å². The van der Waals surface area contributed by atoms with Gasteiger partial charge in [-0.25, -0.2) is 0 Å². The highest BCUT2D eigenvalue weighted by atomic mass is 15.2. The molecule has 2 N–H and O–H groups in total. The number of hydrogen-bond acceptors (Lipinski definition) is 2. The molecule has 2 aromatic rings. The molecule has 0 saturated carbocycles. The van der Waals surface area contributed by atoms with Crippen LogP contribution in [0.3, 0.4) is 0 Å². The molecule has 1 aromatic heterocycles. The molecule has 19 heavy (non-hydrogen) atoms. The molecule has 1 atom stereocenters. The fourth-order valence-corrected chi connectivity index (χ4v) is 2.39. The monoisotopic (exact) mass is 257 g/mol. The van der Waals surface area contributed by atoms with E-state index in [1.54, 1.807) is 0 Å². The molecule has 0 aliphatic heterocycles. The van der Waals surface area contributed by atoms with Crippen molar-refractivity contribution in [3.8, 4) is 11.1 Å². The van der Waals surface area contributed by atoms with Gasteiger partial charge in [0.2, 0.25) is 0 Å². The largest absolute Gasteiger partial charge is 0.328 e. The van der Waals surface area contributed by atoms with Crippen molar-refractivity contribution in [2.45, 2.75) is 39.2 Å². The zero-order chi connectivity index (χ0) is 13.8. The lowest BCUT2D eigenvalue weighted by molar-refractivity contribution is 0.733. The number of hydrogen-bond donors (Lipinski definition) is 1. The van der Waals surface area contributed by atoms with E-state index in [0.717, 1.165) is 19.3 Å². The van der Waals surface area contributed by atoms with Gasteiger partial charge in [-0.15, -0.1) is 0 Å². The highest BCUT2D eigenvalue weighted by Crippen LogP contribution is 2.24. The van der Waals surface area contributed by atoms with Gasteiger partial charge in [0, 0.05) is 24.8 Å². The summed E-state index contributed by atoms with van der Waals surface area (Å²) in [7, 11) is 1.98. The summed E-state index contributed by atoms with van der Waals surface area (Å²) in [5.74, 6) is 0.